The van der Waals surface area contributed by atoms with Gasteiger partial charge in [0.05, 0.1) is 12.3 Å². The van der Waals surface area contributed by atoms with Crippen LogP contribution in [0, 0.1) is 0 Å². The molecule has 0 bridgehead atoms. The van der Waals surface area contributed by atoms with Gasteiger partial charge in [-0.3, -0.25) is 14.5 Å². The van der Waals surface area contributed by atoms with E-state index in [-0.39, 0.29) is 58.2 Å². The van der Waals surface area contributed by atoms with E-state index >= 15 is 0 Å². The number of hydrogen-bond acceptors (Lipinski definition) is 8. The molecule has 0 saturated heterocycles. The van der Waals surface area contributed by atoms with Gasteiger partial charge in [-0.25, -0.2) is 14.2 Å². The summed E-state index contributed by atoms with van der Waals surface area (Å²) < 4.78 is 27.3. The Balaban J connectivity index is 1.51. The maximum atomic E-state index is 13.5. The number of ether oxygens (including phenoxy) is 2. The zero-order valence-corrected chi connectivity index (χ0v) is 23.9. The molecule has 3 heterocycles. The van der Waals surface area contributed by atoms with Gasteiger partial charge in [0.25, 0.3) is 11.5 Å². The fourth-order valence-electron chi connectivity index (χ4n) is 5.16. The van der Waals surface area contributed by atoms with Gasteiger partial charge in [-0.1, -0.05) is 0 Å². The maximum Gasteiger partial charge on any atom is 0.415 e. The highest BCUT2D eigenvalue weighted by Gasteiger charge is 2.32. The molecule has 220 valence electrons. The molecule has 41 heavy (non-hydrogen) atoms. The van der Waals surface area contributed by atoms with Crippen LogP contribution < -0.4 is 21.1 Å². The third-order valence-corrected chi connectivity index (χ3v) is 7.45. The van der Waals surface area contributed by atoms with E-state index in [1.54, 1.807) is 52.3 Å². The van der Waals surface area contributed by atoms with Crippen molar-refractivity contribution in [3.05, 3.63) is 46.5 Å². The van der Waals surface area contributed by atoms with Crippen molar-refractivity contribution in [3.63, 3.8) is 0 Å². The Bertz CT molecular complexity index is 1510. The van der Waals surface area contributed by atoms with Gasteiger partial charge in [-0.15, -0.1) is 0 Å². The zero-order valence-electron chi connectivity index (χ0n) is 23.9. The van der Waals surface area contributed by atoms with Crippen LogP contribution in [0.1, 0.15) is 69.3 Å². The third kappa shape index (κ3) is 6.04. The number of anilines is 3. The first-order chi connectivity index (χ1) is 19.4. The predicted molar refractivity (Wildman–Crippen MR) is 151 cm³/mol. The molecule has 12 nitrogen and oxygen atoms in total. The van der Waals surface area contributed by atoms with Crippen molar-refractivity contribution in [1.29, 1.82) is 0 Å². The molecule has 2 saturated carbocycles. The molecule has 13 heteroatoms. The van der Waals surface area contributed by atoms with E-state index in [1.165, 1.54) is 27.2 Å². The van der Waals surface area contributed by atoms with Gasteiger partial charge < -0.3 is 24.7 Å². The zero-order chi connectivity index (χ0) is 29.5. The second-order valence-electron chi connectivity index (χ2n) is 11.7. The van der Waals surface area contributed by atoms with Crippen LogP contribution in [0.15, 0.2) is 35.4 Å². The van der Waals surface area contributed by atoms with Crippen molar-refractivity contribution < 1.29 is 23.5 Å². The van der Waals surface area contributed by atoms with Gasteiger partial charge in [0.15, 0.2) is 5.65 Å². The van der Waals surface area contributed by atoms with Crippen LogP contribution in [-0.4, -0.2) is 69.2 Å². The number of alkyl halides is 1. The molecule has 2 aliphatic rings. The van der Waals surface area contributed by atoms with Crippen LogP contribution in [0.3, 0.4) is 0 Å². The van der Waals surface area contributed by atoms with Gasteiger partial charge >= 0.3 is 6.09 Å². The maximum absolute atomic E-state index is 13.5. The van der Waals surface area contributed by atoms with Crippen LogP contribution in [0.5, 0.6) is 0 Å². The largest absolute Gasteiger partial charge is 0.443 e. The second kappa shape index (κ2) is 11.1. The highest BCUT2D eigenvalue weighted by atomic mass is 19.1. The van der Waals surface area contributed by atoms with Crippen molar-refractivity contribution in [3.8, 4) is 0 Å². The predicted octanol–water partition coefficient (Wildman–Crippen LogP) is 3.98. The molecule has 2 fully saturated rings. The summed E-state index contributed by atoms with van der Waals surface area (Å²) in [5, 5.41) is 10.4. The van der Waals surface area contributed by atoms with Gasteiger partial charge in [-0.05, 0) is 65.0 Å². The number of pyridine rings is 1. The Morgan fingerprint density at radius 3 is 2.61 bits per heavy atom. The lowest BCUT2D eigenvalue weighted by Crippen LogP contribution is -2.36. The Morgan fingerprint density at radius 1 is 1.20 bits per heavy atom. The number of carbonyl (C=O) groups is 2. The van der Waals surface area contributed by atoms with Crippen LogP contribution in [0.25, 0.3) is 5.65 Å². The summed E-state index contributed by atoms with van der Waals surface area (Å²) in [6, 6.07) is 4.59. The number of hydrogen-bond donors (Lipinski definition) is 2. The molecule has 1 unspecified atom stereocenters. The number of amides is 2. The van der Waals surface area contributed by atoms with E-state index in [0.717, 1.165) is 12.8 Å². The Labute approximate surface area is 236 Å². The minimum absolute atomic E-state index is 0.0502. The number of aromatic nitrogens is 4. The van der Waals surface area contributed by atoms with Crippen LogP contribution in [-0.2, 0) is 9.47 Å². The van der Waals surface area contributed by atoms with Crippen LogP contribution >= 0.6 is 0 Å². The Hall–Kier alpha value is -4.00. The summed E-state index contributed by atoms with van der Waals surface area (Å²) in [7, 11) is 3.18. The lowest BCUT2D eigenvalue weighted by atomic mass is 9.90. The van der Waals surface area contributed by atoms with Crippen LogP contribution in [0.4, 0.5) is 26.5 Å². The van der Waals surface area contributed by atoms with E-state index in [1.807, 2.05) is 0 Å². The lowest BCUT2D eigenvalue weighted by Gasteiger charge is -2.31. The van der Waals surface area contributed by atoms with Gasteiger partial charge in [0.1, 0.15) is 34.7 Å². The molecule has 3 aromatic heterocycles. The molecule has 3 aromatic rings. The van der Waals surface area contributed by atoms with Crippen molar-refractivity contribution in [2.24, 2.45) is 0 Å². The highest BCUT2D eigenvalue weighted by molar-refractivity contribution is 6.00. The molecule has 0 aliphatic heterocycles. The summed E-state index contributed by atoms with van der Waals surface area (Å²) in [5.41, 5.74) is -0.449. The number of nitrogens with one attached hydrogen (secondary N) is 2. The number of fused-ring (bicyclic) bond motifs is 1. The average molecular weight is 570 g/mol. The first kappa shape index (κ1) is 28.5. The van der Waals surface area contributed by atoms with Gasteiger partial charge in [-0.2, -0.15) is 9.61 Å². The molecule has 2 N–H and O–H groups in total. The molecule has 0 radical (unpaired) electrons. The molecule has 2 aliphatic carbocycles. The van der Waals surface area contributed by atoms with Crippen molar-refractivity contribution >= 4 is 35.0 Å². The smallest absolute Gasteiger partial charge is 0.415 e. The summed E-state index contributed by atoms with van der Waals surface area (Å²) in [5.74, 6) is 0.122. The molecule has 5 rings (SSSR count). The van der Waals surface area contributed by atoms with E-state index < -0.39 is 17.9 Å². The second-order valence-corrected chi connectivity index (χ2v) is 11.7. The van der Waals surface area contributed by atoms with E-state index in [0.29, 0.717) is 19.3 Å². The highest BCUT2D eigenvalue weighted by Crippen LogP contribution is 2.34. The first-order valence-corrected chi connectivity index (χ1v) is 13.7. The third-order valence-electron chi connectivity index (χ3n) is 7.45. The molecular weight excluding hydrogens is 533 g/mol. The SMILES string of the molecule is CO[C@@H]1CCC(NC(=O)c2cnn3c(N(C)C(=O)OC(C)(C)C)cc(Nc4cccn([C@H]5C[C@H](F)C5)c4=O)nc23)C1. The topological polar surface area (TPSA) is 132 Å². The van der Waals surface area contributed by atoms with E-state index in [2.05, 4.69) is 20.7 Å². The number of nitrogens with zero attached hydrogens (tertiary/aromatic N) is 5. The van der Waals surface area contributed by atoms with Gasteiger partial charge in [0, 0.05) is 38.5 Å². The molecule has 0 aromatic carbocycles. The number of rotatable bonds is 7. The minimum atomic E-state index is -0.908. The molecular formula is C28H36FN7O5. The monoisotopic (exact) mass is 569 g/mol. The van der Waals surface area contributed by atoms with Crippen molar-refractivity contribution in [2.45, 2.75) is 82.8 Å². The Kier molecular flexibility index (Phi) is 7.73. The molecule has 0 spiro atoms. The fraction of sp³-hybridized carbons (Fsp3) is 0.536. The number of halogens is 1. The van der Waals surface area contributed by atoms with Crippen molar-refractivity contribution in [1.82, 2.24) is 24.5 Å². The normalized spacial score (nSPS) is 22.3. The van der Waals surface area contributed by atoms with E-state index in [4.69, 9.17) is 9.47 Å². The van der Waals surface area contributed by atoms with E-state index in [9.17, 15) is 18.8 Å². The fourth-order valence-corrected chi connectivity index (χ4v) is 5.16. The first-order valence-electron chi connectivity index (χ1n) is 13.7. The summed E-state index contributed by atoms with van der Waals surface area (Å²) in [4.78, 5) is 45.4. The van der Waals surface area contributed by atoms with Crippen molar-refractivity contribution in [2.75, 3.05) is 24.4 Å². The lowest BCUT2D eigenvalue weighted by molar-refractivity contribution is 0.0587. The van der Waals surface area contributed by atoms with Gasteiger partial charge in [0.2, 0.25) is 0 Å². The average Bonchev–Trinajstić information content (AvgIpc) is 3.53. The molecule has 2 amide bonds. The summed E-state index contributed by atoms with van der Waals surface area (Å²) in [6.45, 7) is 5.28. The molecule has 2 atom stereocenters. The Morgan fingerprint density at radius 2 is 1.95 bits per heavy atom. The minimum Gasteiger partial charge on any atom is -0.443 e. The standard InChI is InChI=1S/C28H36FN7O5/c1-28(2,3)41-27(39)34(4)23-14-22(32-21-7-6-10-35(26(21)38)18-11-16(29)12-18)33-24-20(15-30-36(23)24)25(37)31-17-8-9-19(13-17)40-5/h6-7,10,14-19H,8-9,11-13H2,1-5H3,(H,31,37)(H,32,33)/t16-,17?,18-,19-/m1/s1. The quantitative estimate of drug-likeness (QED) is 0.437. The summed E-state index contributed by atoms with van der Waals surface area (Å²) in [6.07, 6.45) is 4.52. The van der Waals surface area contributed by atoms with Crippen LogP contribution in [0.2, 0.25) is 0 Å². The summed E-state index contributed by atoms with van der Waals surface area (Å²) >= 11 is 0. The number of methoxy groups -OCH3 is 1. The number of carbonyl (C=O) groups excluding carboxylic acids is 2.